The highest BCUT2D eigenvalue weighted by molar-refractivity contribution is 6.46. The number of phenols is 1. The Labute approximate surface area is 203 Å². The molecule has 1 fully saturated rings. The second kappa shape index (κ2) is 10.6. The van der Waals surface area contributed by atoms with Crippen LogP contribution < -0.4 is 4.74 Å². The molecule has 0 aliphatic carbocycles. The molecular formula is C25H29N3O7. The molecule has 0 aromatic heterocycles. The fraction of sp³-hybridized carbons (Fsp3) is 0.360. The summed E-state index contributed by atoms with van der Waals surface area (Å²) in [5.41, 5.74) is 0.484. The zero-order valence-electron chi connectivity index (χ0n) is 20.1. The first-order chi connectivity index (χ1) is 16.6. The topological polar surface area (TPSA) is 133 Å². The number of likely N-dealkylation sites (tertiary alicyclic amines) is 1. The van der Waals surface area contributed by atoms with E-state index in [1.165, 1.54) is 18.1 Å². The fourth-order valence-corrected chi connectivity index (χ4v) is 4.25. The standard InChI is InChI=1S/C25H29N3O7/c1-5-26(6-2)11-12-27-22(16-8-9-19(29)18(14-16)28(33)34)21(24(31)25(27)32)23(30)17-13-15(3)7-10-20(17)35-4/h7-10,13-14,22,29-30H,5-6,11-12H2,1-4H3/b23-21+. The summed E-state index contributed by atoms with van der Waals surface area (Å²) in [6, 6.07) is 7.63. The van der Waals surface area contributed by atoms with Gasteiger partial charge in [-0.25, -0.2) is 0 Å². The molecule has 1 aliphatic heterocycles. The molecule has 10 heteroatoms. The average molecular weight is 484 g/mol. The number of hydrogen-bond donors (Lipinski definition) is 2. The van der Waals surface area contributed by atoms with E-state index in [2.05, 4.69) is 4.90 Å². The van der Waals surface area contributed by atoms with Crippen LogP contribution in [0.15, 0.2) is 42.0 Å². The van der Waals surface area contributed by atoms with E-state index in [0.717, 1.165) is 30.8 Å². The van der Waals surface area contributed by atoms with Crippen molar-refractivity contribution < 1.29 is 29.5 Å². The van der Waals surface area contributed by atoms with Crippen LogP contribution in [-0.4, -0.2) is 69.9 Å². The lowest BCUT2D eigenvalue weighted by molar-refractivity contribution is -0.385. The van der Waals surface area contributed by atoms with Crippen LogP contribution in [0, 0.1) is 17.0 Å². The number of hydrogen-bond acceptors (Lipinski definition) is 8. The lowest BCUT2D eigenvalue weighted by atomic mass is 9.94. The van der Waals surface area contributed by atoms with Crippen molar-refractivity contribution in [2.24, 2.45) is 0 Å². The number of carbonyl (C=O) groups is 2. The van der Waals surface area contributed by atoms with Gasteiger partial charge < -0.3 is 24.7 Å². The first kappa shape index (κ1) is 25.7. The first-order valence-electron chi connectivity index (χ1n) is 11.3. The lowest BCUT2D eigenvalue weighted by Gasteiger charge is -2.28. The number of methoxy groups -OCH3 is 1. The lowest BCUT2D eigenvalue weighted by Crippen LogP contribution is -2.38. The summed E-state index contributed by atoms with van der Waals surface area (Å²) >= 11 is 0. The average Bonchev–Trinajstić information content (AvgIpc) is 3.09. The second-order valence-corrected chi connectivity index (χ2v) is 8.23. The summed E-state index contributed by atoms with van der Waals surface area (Å²) in [4.78, 5) is 40.4. The molecule has 0 spiro atoms. The Morgan fingerprint density at radius 3 is 2.46 bits per heavy atom. The number of nitro benzene ring substituents is 1. The number of aliphatic hydroxyl groups is 1. The molecule has 186 valence electrons. The number of aryl methyl sites for hydroxylation is 1. The third-order valence-electron chi connectivity index (χ3n) is 6.21. The summed E-state index contributed by atoms with van der Waals surface area (Å²) in [7, 11) is 1.42. The molecule has 2 N–H and O–H groups in total. The van der Waals surface area contributed by atoms with Crippen molar-refractivity contribution in [2.45, 2.75) is 26.8 Å². The van der Waals surface area contributed by atoms with Gasteiger partial charge in [-0.3, -0.25) is 19.7 Å². The first-order valence-corrected chi connectivity index (χ1v) is 11.3. The van der Waals surface area contributed by atoms with Gasteiger partial charge in [0.25, 0.3) is 11.7 Å². The molecule has 2 aromatic carbocycles. The van der Waals surface area contributed by atoms with E-state index >= 15 is 0 Å². The summed E-state index contributed by atoms with van der Waals surface area (Å²) in [6.45, 7) is 7.84. The van der Waals surface area contributed by atoms with Crippen LogP contribution in [0.3, 0.4) is 0 Å². The third-order valence-corrected chi connectivity index (χ3v) is 6.21. The van der Waals surface area contributed by atoms with Gasteiger partial charge in [-0.2, -0.15) is 0 Å². The zero-order valence-corrected chi connectivity index (χ0v) is 20.1. The number of phenolic OH excluding ortho intramolecular Hbond substituents is 1. The van der Waals surface area contributed by atoms with E-state index in [4.69, 9.17) is 4.74 Å². The smallest absolute Gasteiger partial charge is 0.311 e. The predicted molar refractivity (Wildman–Crippen MR) is 129 cm³/mol. The Morgan fingerprint density at radius 2 is 1.86 bits per heavy atom. The number of amides is 1. The fourth-order valence-electron chi connectivity index (χ4n) is 4.25. The Morgan fingerprint density at radius 1 is 1.17 bits per heavy atom. The molecule has 35 heavy (non-hydrogen) atoms. The number of likely N-dealkylation sites (N-methyl/N-ethyl adjacent to an activating group) is 1. The number of rotatable bonds is 9. The molecule has 1 amide bonds. The van der Waals surface area contributed by atoms with E-state index < -0.39 is 39.9 Å². The molecule has 0 bridgehead atoms. The molecule has 0 saturated carbocycles. The highest BCUT2D eigenvalue weighted by Crippen LogP contribution is 2.42. The Hall–Kier alpha value is -3.92. The van der Waals surface area contributed by atoms with E-state index in [9.17, 15) is 29.9 Å². The van der Waals surface area contributed by atoms with Gasteiger partial charge in [0.15, 0.2) is 5.75 Å². The summed E-state index contributed by atoms with van der Waals surface area (Å²) in [5, 5.41) is 32.7. The molecule has 1 heterocycles. The van der Waals surface area contributed by atoms with Crippen LogP contribution in [0.25, 0.3) is 5.76 Å². The summed E-state index contributed by atoms with van der Waals surface area (Å²) < 4.78 is 5.35. The van der Waals surface area contributed by atoms with E-state index in [-0.39, 0.29) is 23.2 Å². The maximum atomic E-state index is 13.2. The van der Waals surface area contributed by atoms with E-state index in [1.54, 1.807) is 25.1 Å². The van der Waals surface area contributed by atoms with Crippen molar-refractivity contribution in [1.82, 2.24) is 9.80 Å². The number of ketones is 1. The minimum absolute atomic E-state index is 0.160. The minimum atomic E-state index is -1.09. The number of nitrogens with zero attached hydrogens (tertiary/aromatic N) is 3. The van der Waals surface area contributed by atoms with Gasteiger partial charge in [0.1, 0.15) is 11.5 Å². The molecule has 1 aliphatic rings. The summed E-state index contributed by atoms with van der Waals surface area (Å²) in [5.74, 6) is -2.38. The number of benzene rings is 2. The second-order valence-electron chi connectivity index (χ2n) is 8.23. The van der Waals surface area contributed by atoms with Crippen molar-refractivity contribution in [3.63, 3.8) is 0 Å². The summed E-state index contributed by atoms with van der Waals surface area (Å²) in [6.07, 6.45) is 0. The Balaban J connectivity index is 2.23. The number of aromatic hydroxyl groups is 1. The van der Waals surface area contributed by atoms with Crippen LogP contribution in [-0.2, 0) is 9.59 Å². The molecule has 1 saturated heterocycles. The normalized spacial score (nSPS) is 17.3. The highest BCUT2D eigenvalue weighted by Gasteiger charge is 2.46. The number of aliphatic hydroxyl groups excluding tert-OH is 1. The Bertz CT molecular complexity index is 1190. The van der Waals surface area contributed by atoms with Crippen LogP contribution in [0.1, 0.15) is 36.6 Å². The maximum Gasteiger partial charge on any atom is 0.311 e. The van der Waals surface area contributed by atoms with Crippen molar-refractivity contribution >= 4 is 23.1 Å². The largest absolute Gasteiger partial charge is 0.507 e. The van der Waals surface area contributed by atoms with E-state index in [0.29, 0.717) is 12.3 Å². The molecule has 3 rings (SSSR count). The van der Waals surface area contributed by atoms with E-state index in [1.807, 2.05) is 13.8 Å². The van der Waals surface area contributed by atoms with Gasteiger partial charge in [0.05, 0.1) is 29.2 Å². The van der Waals surface area contributed by atoms with Crippen LogP contribution in [0.5, 0.6) is 11.5 Å². The number of Topliss-reactive ketones (excluding diaryl/α,β-unsaturated/α-hetero) is 1. The molecule has 2 aromatic rings. The quantitative estimate of drug-likeness (QED) is 0.182. The SMILES string of the molecule is CCN(CC)CCN1C(=O)C(=O)/C(=C(/O)c2cc(C)ccc2OC)C1c1ccc(O)c([N+](=O)[O-])c1. The van der Waals surface area contributed by atoms with Crippen LogP contribution in [0.2, 0.25) is 0 Å². The van der Waals surface area contributed by atoms with Crippen molar-refractivity contribution in [1.29, 1.82) is 0 Å². The van der Waals surface area contributed by atoms with Crippen molar-refractivity contribution in [3.05, 3.63) is 68.8 Å². The van der Waals surface area contributed by atoms with Gasteiger partial charge in [0.2, 0.25) is 0 Å². The zero-order chi connectivity index (χ0) is 25.9. The van der Waals surface area contributed by atoms with Gasteiger partial charge >= 0.3 is 5.69 Å². The van der Waals surface area contributed by atoms with Gasteiger partial charge in [-0.1, -0.05) is 31.5 Å². The van der Waals surface area contributed by atoms with Crippen molar-refractivity contribution in [2.75, 3.05) is 33.3 Å². The van der Waals surface area contributed by atoms with Gasteiger partial charge in [0, 0.05) is 19.2 Å². The predicted octanol–water partition coefficient (Wildman–Crippen LogP) is 3.38. The minimum Gasteiger partial charge on any atom is -0.507 e. The third kappa shape index (κ3) is 4.97. The number of nitro groups is 1. The highest BCUT2D eigenvalue weighted by atomic mass is 16.6. The van der Waals surface area contributed by atoms with Crippen LogP contribution >= 0.6 is 0 Å². The molecule has 1 atom stereocenters. The molecular weight excluding hydrogens is 454 g/mol. The maximum absolute atomic E-state index is 13.2. The van der Waals surface area contributed by atoms with Crippen LogP contribution in [0.4, 0.5) is 5.69 Å². The number of carbonyl (C=O) groups excluding carboxylic acids is 2. The van der Waals surface area contributed by atoms with Crippen molar-refractivity contribution in [3.8, 4) is 11.5 Å². The van der Waals surface area contributed by atoms with Gasteiger partial charge in [-0.15, -0.1) is 0 Å². The molecule has 0 radical (unpaired) electrons. The molecule has 1 unspecified atom stereocenters. The Kier molecular flexibility index (Phi) is 7.75. The van der Waals surface area contributed by atoms with Gasteiger partial charge in [-0.05, 0) is 43.8 Å². The monoisotopic (exact) mass is 483 g/mol. The molecule has 10 nitrogen and oxygen atoms in total. The number of ether oxygens (including phenoxy) is 1.